The summed E-state index contributed by atoms with van der Waals surface area (Å²) in [7, 11) is 1.60. The number of carbonyl (C=O) groups excluding carboxylic acids is 2. The summed E-state index contributed by atoms with van der Waals surface area (Å²) < 4.78 is 5.14. The molecule has 0 aliphatic heterocycles. The van der Waals surface area contributed by atoms with Gasteiger partial charge in [-0.15, -0.1) is 0 Å². The Kier molecular flexibility index (Phi) is 6.76. The molecule has 3 N–H and O–H groups in total. The van der Waals surface area contributed by atoms with E-state index in [1.165, 1.54) is 19.3 Å². The van der Waals surface area contributed by atoms with Crippen LogP contribution < -0.4 is 15.4 Å². The first-order valence-corrected chi connectivity index (χ1v) is 12.5. The van der Waals surface area contributed by atoms with Crippen LogP contribution in [0.5, 0.6) is 5.75 Å². The molecule has 6 nitrogen and oxygen atoms in total. The van der Waals surface area contributed by atoms with Crippen molar-refractivity contribution in [3.63, 3.8) is 0 Å². The van der Waals surface area contributed by atoms with Crippen LogP contribution >= 0.6 is 0 Å². The van der Waals surface area contributed by atoms with E-state index in [4.69, 9.17) is 4.74 Å². The summed E-state index contributed by atoms with van der Waals surface area (Å²) in [4.78, 5) is 28.8. The Balaban J connectivity index is 1.27. The van der Waals surface area contributed by atoms with Crippen LogP contribution in [0.4, 0.5) is 5.69 Å². The highest BCUT2D eigenvalue weighted by molar-refractivity contribution is 6.04. The van der Waals surface area contributed by atoms with Crippen molar-refractivity contribution in [3.05, 3.63) is 83.9 Å². The molecule has 1 heterocycles. The van der Waals surface area contributed by atoms with Crippen molar-refractivity contribution in [1.29, 1.82) is 0 Å². The molecule has 5 rings (SSSR count). The van der Waals surface area contributed by atoms with Crippen LogP contribution in [0.3, 0.4) is 0 Å². The van der Waals surface area contributed by atoms with Gasteiger partial charge in [0.1, 0.15) is 5.75 Å². The van der Waals surface area contributed by atoms with E-state index in [0.717, 1.165) is 28.6 Å². The third-order valence-electron chi connectivity index (χ3n) is 7.12. The number of carbonyl (C=O) groups is 2. The number of nitrogens with one attached hydrogen (secondary N) is 3. The van der Waals surface area contributed by atoms with Gasteiger partial charge < -0.3 is 20.4 Å². The lowest BCUT2D eigenvalue weighted by Crippen LogP contribution is -2.41. The third kappa shape index (κ3) is 5.13. The van der Waals surface area contributed by atoms with Gasteiger partial charge in [0.25, 0.3) is 11.8 Å². The lowest BCUT2D eigenvalue weighted by atomic mass is 9.86. The van der Waals surface area contributed by atoms with Gasteiger partial charge in [-0.2, -0.15) is 0 Å². The van der Waals surface area contributed by atoms with Crippen LogP contribution in [-0.4, -0.2) is 29.9 Å². The second-order valence-electron chi connectivity index (χ2n) is 9.59. The normalized spacial score (nSPS) is 17.5. The first-order valence-electron chi connectivity index (χ1n) is 12.5. The Bertz CT molecular complexity index is 1370. The van der Waals surface area contributed by atoms with E-state index in [1.807, 2.05) is 42.5 Å². The summed E-state index contributed by atoms with van der Waals surface area (Å²) in [5.74, 6) is 1.05. The van der Waals surface area contributed by atoms with Crippen LogP contribution in [0, 0.1) is 5.92 Å². The minimum atomic E-state index is -0.176. The third-order valence-corrected chi connectivity index (χ3v) is 7.12. The van der Waals surface area contributed by atoms with Gasteiger partial charge in [0.2, 0.25) is 0 Å². The number of rotatable bonds is 6. The molecule has 1 aliphatic carbocycles. The number of aromatic amines is 1. The predicted molar refractivity (Wildman–Crippen MR) is 144 cm³/mol. The van der Waals surface area contributed by atoms with Crippen LogP contribution in [0.2, 0.25) is 0 Å². The maximum atomic E-state index is 12.9. The van der Waals surface area contributed by atoms with Crippen LogP contribution in [0.15, 0.2) is 72.8 Å². The second-order valence-corrected chi connectivity index (χ2v) is 9.59. The standard InChI is InChI=1S/C30H31N3O3/c1-19-5-3-4-6-26(19)33-30(35)22-11-16-27-23(17-22)18-28(32-27)20-7-12-24(13-8-20)31-29(34)21-9-14-25(36-2)15-10-21/h7-19,26,32H,3-6H2,1-2H3,(H,31,34)(H,33,35). The van der Waals surface area contributed by atoms with Crippen molar-refractivity contribution in [3.8, 4) is 17.0 Å². The highest BCUT2D eigenvalue weighted by atomic mass is 16.5. The average molecular weight is 482 g/mol. The molecule has 1 aliphatic rings. The summed E-state index contributed by atoms with van der Waals surface area (Å²) in [6.07, 6.45) is 4.66. The molecular formula is C30H31N3O3. The van der Waals surface area contributed by atoms with E-state index in [9.17, 15) is 9.59 Å². The molecule has 0 radical (unpaired) electrons. The largest absolute Gasteiger partial charge is 0.497 e. The van der Waals surface area contributed by atoms with Crippen LogP contribution in [0.1, 0.15) is 53.3 Å². The zero-order chi connectivity index (χ0) is 25.1. The van der Waals surface area contributed by atoms with Gasteiger partial charge in [0, 0.05) is 39.5 Å². The Hall–Kier alpha value is -4.06. The molecule has 0 saturated heterocycles. The minimum Gasteiger partial charge on any atom is -0.497 e. The quantitative estimate of drug-likeness (QED) is 0.298. The van der Waals surface area contributed by atoms with E-state index < -0.39 is 0 Å². The Morgan fingerprint density at radius 1 is 0.861 bits per heavy atom. The Labute approximate surface area is 211 Å². The fourth-order valence-electron chi connectivity index (χ4n) is 4.89. The van der Waals surface area contributed by atoms with E-state index in [1.54, 1.807) is 31.4 Å². The molecule has 1 saturated carbocycles. The molecule has 4 aromatic rings. The number of hydrogen-bond acceptors (Lipinski definition) is 3. The fraction of sp³-hybridized carbons (Fsp3) is 0.267. The molecule has 2 atom stereocenters. The number of anilines is 1. The summed E-state index contributed by atoms with van der Waals surface area (Å²) >= 11 is 0. The molecule has 2 unspecified atom stereocenters. The Morgan fingerprint density at radius 3 is 2.31 bits per heavy atom. The zero-order valence-corrected chi connectivity index (χ0v) is 20.6. The second kappa shape index (κ2) is 10.3. The number of fused-ring (bicyclic) bond motifs is 1. The number of H-pyrrole nitrogens is 1. The monoisotopic (exact) mass is 481 g/mol. The van der Waals surface area contributed by atoms with Crippen molar-refractivity contribution < 1.29 is 14.3 Å². The van der Waals surface area contributed by atoms with Crippen molar-refractivity contribution in [2.45, 2.75) is 38.6 Å². The average Bonchev–Trinajstić information content (AvgIpc) is 3.34. The molecule has 3 aromatic carbocycles. The first-order chi connectivity index (χ1) is 17.5. The molecule has 6 heteroatoms. The molecule has 0 spiro atoms. The summed E-state index contributed by atoms with van der Waals surface area (Å²) in [5, 5.41) is 7.15. The summed E-state index contributed by atoms with van der Waals surface area (Å²) in [6.45, 7) is 2.22. The lowest BCUT2D eigenvalue weighted by Gasteiger charge is -2.29. The van der Waals surface area contributed by atoms with E-state index in [0.29, 0.717) is 28.5 Å². The topological polar surface area (TPSA) is 83.2 Å². The van der Waals surface area contributed by atoms with Gasteiger partial charge >= 0.3 is 0 Å². The van der Waals surface area contributed by atoms with Crippen molar-refractivity contribution in [1.82, 2.24) is 10.3 Å². The van der Waals surface area contributed by atoms with Crippen LogP contribution in [-0.2, 0) is 0 Å². The first kappa shape index (κ1) is 23.7. The van der Waals surface area contributed by atoms with Gasteiger partial charge in [0.15, 0.2) is 0 Å². The number of aromatic nitrogens is 1. The number of ether oxygens (including phenoxy) is 1. The molecule has 36 heavy (non-hydrogen) atoms. The fourth-order valence-corrected chi connectivity index (χ4v) is 4.89. The van der Waals surface area contributed by atoms with Gasteiger partial charge in [0.05, 0.1) is 7.11 Å². The SMILES string of the molecule is COc1ccc(C(=O)Nc2ccc(-c3cc4cc(C(=O)NC5CCCCC5C)ccc4[nH]3)cc2)cc1. The molecule has 0 bridgehead atoms. The Morgan fingerprint density at radius 2 is 1.58 bits per heavy atom. The molecule has 2 amide bonds. The van der Waals surface area contributed by atoms with E-state index >= 15 is 0 Å². The molecular weight excluding hydrogens is 450 g/mol. The zero-order valence-electron chi connectivity index (χ0n) is 20.6. The minimum absolute atomic E-state index is 0.00430. The number of hydrogen-bond donors (Lipinski definition) is 3. The summed E-state index contributed by atoms with van der Waals surface area (Å²) in [6, 6.07) is 22.8. The van der Waals surface area contributed by atoms with Crippen molar-refractivity contribution in [2.75, 3.05) is 12.4 Å². The van der Waals surface area contributed by atoms with Gasteiger partial charge in [-0.25, -0.2) is 0 Å². The molecule has 1 fully saturated rings. The van der Waals surface area contributed by atoms with Crippen molar-refractivity contribution >= 4 is 28.4 Å². The van der Waals surface area contributed by atoms with Crippen LogP contribution in [0.25, 0.3) is 22.2 Å². The maximum absolute atomic E-state index is 12.9. The maximum Gasteiger partial charge on any atom is 0.255 e. The predicted octanol–water partition coefficient (Wildman–Crippen LogP) is 6.40. The van der Waals surface area contributed by atoms with Crippen molar-refractivity contribution in [2.24, 2.45) is 5.92 Å². The molecule has 1 aromatic heterocycles. The van der Waals surface area contributed by atoms with Gasteiger partial charge in [-0.3, -0.25) is 9.59 Å². The highest BCUT2D eigenvalue weighted by Crippen LogP contribution is 2.27. The smallest absolute Gasteiger partial charge is 0.255 e. The van der Waals surface area contributed by atoms with E-state index in [2.05, 4.69) is 28.6 Å². The van der Waals surface area contributed by atoms with Gasteiger partial charge in [-0.1, -0.05) is 31.9 Å². The number of methoxy groups -OCH3 is 1. The lowest BCUT2D eigenvalue weighted by molar-refractivity contribution is 0.0910. The summed E-state index contributed by atoms with van der Waals surface area (Å²) in [5.41, 5.74) is 4.89. The highest BCUT2D eigenvalue weighted by Gasteiger charge is 2.23. The molecule has 184 valence electrons. The van der Waals surface area contributed by atoms with E-state index in [-0.39, 0.29) is 17.9 Å². The van der Waals surface area contributed by atoms with Gasteiger partial charge in [-0.05, 0) is 85.0 Å². The number of amides is 2. The number of benzene rings is 3.